The van der Waals surface area contributed by atoms with E-state index in [1.165, 1.54) is 11.8 Å². The second-order valence-electron chi connectivity index (χ2n) is 4.51. The van der Waals surface area contributed by atoms with E-state index in [4.69, 9.17) is 17.0 Å². The number of halogens is 1. The lowest BCUT2D eigenvalue weighted by Crippen LogP contribution is -2.22. The normalized spacial score (nSPS) is 13.0. The number of rotatable bonds is 7. The number of thioether (sulfide) groups is 1. The fourth-order valence-electron chi connectivity index (χ4n) is 1.53. The molecule has 3 nitrogen and oxygen atoms in total. The van der Waals surface area contributed by atoms with Crippen LogP contribution in [0.3, 0.4) is 0 Å². The summed E-state index contributed by atoms with van der Waals surface area (Å²) >= 11 is 9.88. The van der Waals surface area contributed by atoms with Crippen molar-refractivity contribution in [2.24, 2.45) is 0 Å². The van der Waals surface area contributed by atoms with Gasteiger partial charge in [-0.15, -0.1) is 0 Å². The van der Waals surface area contributed by atoms with Crippen LogP contribution in [0.1, 0.15) is 25.3 Å². The third kappa shape index (κ3) is 6.60. The molecule has 6 heteroatoms. The van der Waals surface area contributed by atoms with Crippen LogP contribution in [0.15, 0.2) is 30.3 Å². The van der Waals surface area contributed by atoms with Crippen LogP contribution in [0.4, 0.5) is 0 Å². The van der Waals surface area contributed by atoms with E-state index >= 15 is 0 Å². The number of thiocarbonyl (C=S) groups is 1. The van der Waals surface area contributed by atoms with E-state index in [0.29, 0.717) is 22.6 Å². The molecule has 0 saturated carbocycles. The van der Waals surface area contributed by atoms with Gasteiger partial charge >= 0.3 is 5.97 Å². The quantitative estimate of drug-likeness (QED) is 0.401. The second-order valence-corrected chi connectivity index (χ2v) is 7.48. The van der Waals surface area contributed by atoms with Crippen molar-refractivity contribution in [2.75, 3.05) is 11.9 Å². The minimum Gasteiger partial charge on any atom is -0.465 e. The van der Waals surface area contributed by atoms with Crippen LogP contribution >= 0.6 is 39.9 Å². The van der Waals surface area contributed by atoms with E-state index in [1.807, 2.05) is 30.3 Å². The van der Waals surface area contributed by atoms with Crippen LogP contribution in [0.2, 0.25) is 0 Å². The highest BCUT2D eigenvalue weighted by Gasteiger charge is 2.28. The molecule has 0 aliphatic carbocycles. The van der Waals surface area contributed by atoms with E-state index in [2.05, 4.69) is 22.0 Å². The van der Waals surface area contributed by atoms with E-state index < -0.39 is 4.75 Å². The second kappa shape index (κ2) is 9.19. The number of benzene rings is 1. The predicted octanol–water partition coefficient (Wildman–Crippen LogP) is 4.10. The van der Waals surface area contributed by atoms with Crippen molar-refractivity contribution in [1.29, 1.82) is 5.26 Å². The zero-order valence-corrected chi connectivity index (χ0v) is 14.9. The average Bonchev–Trinajstić information content (AvgIpc) is 2.51. The number of hydrogen-bond donors (Lipinski definition) is 0. The summed E-state index contributed by atoms with van der Waals surface area (Å²) in [7, 11) is 0. The Labute approximate surface area is 143 Å². The van der Waals surface area contributed by atoms with Crippen LogP contribution < -0.4 is 0 Å². The number of esters is 1. The summed E-state index contributed by atoms with van der Waals surface area (Å²) in [5.74, 6) is -0.290. The maximum absolute atomic E-state index is 11.5. The fourth-order valence-corrected chi connectivity index (χ4v) is 3.30. The SMILES string of the molecule is CC(C#N)(CCC(=O)OCCBr)SC(=S)c1ccccc1. The van der Waals surface area contributed by atoms with Gasteiger partial charge in [-0.05, 0) is 18.9 Å². The molecular formula is C15H16BrNO2S2. The van der Waals surface area contributed by atoms with Crippen molar-refractivity contribution in [2.45, 2.75) is 24.5 Å². The Balaban J connectivity index is 2.58. The minimum absolute atomic E-state index is 0.210. The summed E-state index contributed by atoms with van der Waals surface area (Å²) in [5, 5.41) is 9.99. The number of nitrogens with zero attached hydrogens (tertiary/aromatic N) is 1. The van der Waals surface area contributed by atoms with Gasteiger partial charge < -0.3 is 4.74 Å². The summed E-state index contributed by atoms with van der Waals surface area (Å²) in [4.78, 5) is 11.5. The number of nitriles is 1. The lowest BCUT2D eigenvalue weighted by Gasteiger charge is -2.20. The van der Waals surface area contributed by atoms with Gasteiger partial charge in [-0.2, -0.15) is 5.26 Å². The topological polar surface area (TPSA) is 50.1 Å². The van der Waals surface area contributed by atoms with Crippen LogP contribution in [-0.2, 0) is 9.53 Å². The fraction of sp³-hybridized carbons (Fsp3) is 0.400. The Hall–Kier alpha value is -0.900. The van der Waals surface area contributed by atoms with Gasteiger partial charge in [0.2, 0.25) is 0 Å². The Bertz CT molecular complexity index is 530. The average molecular weight is 386 g/mol. The molecule has 0 spiro atoms. The first-order chi connectivity index (χ1) is 10.0. The molecule has 0 aromatic heterocycles. The zero-order valence-electron chi connectivity index (χ0n) is 11.7. The molecule has 1 atom stereocenters. The molecule has 0 aliphatic heterocycles. The lowest BCUT2D eigenvalue weighted by molar-refractivity contribution is -0.143. The maximum Gasteiger partial charge on any atom is 0.305 e. The van der Waals surface area contributed by atoms with Crippen molar-refractivity contribution in [3.05, 3.63) is 35.9 Å². The summed E-state index contributed by atoms with van der Waals surface area (Å²) in [6, 6.07) is 11.8. The standard InChI is InChI=1S/C15H16BrNO2S2/c1-15(11-17,8-7-13(18)19-10-9-16)21-14(20)12-5-3-2-4-6-12/h2-6H,7-10H2,1H3. The number of carbonyl (C=O) groups is 1. The molecule has 0 heterocycles. The summed E-state index contributed by atoms with van der Waals surface area (Å²) in [5.41, 5.74) is 0.917. The van der Waals surface area contributed by atoms with Crippen molar-refractivity contribution in [3.63, 3.8) is 0 Å². The van der Waals surface area contributed by atoms with Gasteiger partial charge in [-0.25, -0.2) is 0 Å². The molecule has 0 N–H and O–H groups in total. The number of ether oxygens (including phenoxy) is 1. The number of alkyl halides is 1. The molecule has 1 aromatic carbocycles. The van der Waals surface area contributed by atoms with E-state index in [-0.39, 0.29) is 12.4 Å². The maximum atomic E-state index is 11.5. The molecule has 0 aliphatic rings. The molecule has 1 aromatic rings. The predicted molar refractivity (Wildman–Crippen MR) is 93.7 cm³/mol. The smallest absolute Gasteiger partial charge is 0.305 e. The Kier molecular flexibility index (Phi) is 7.94. The molecular weight excluding hydrogens is 370 g/mol. The van der Waals surface area contributed by atoms with Crippen LogP contribution in [0, 0.1) is 11.3 Å². The Morgan fingerprint density at radius 2 is 2.14 bits per heavy atom. The zero-order chi connectivity index (χ0) is 15.7. The van der Waals surface area contributed by atoms with Crippen molar-refractivity contribution in [1.82, 2.24) is 0 Å². The molecule has 0 radical (unpaired) electrons. The van der Waals surface area contributed by atoms with Gasteiger partial charge in [-0.1, -0.05) is 70.2 Å². The first-order valence-corrected chi connectivity index (χ1v) is 8.76. The van der Waals surface area contributed by atoms with Gasteiger partial charge in [0.15, 0.2) is 0 Å². The molecule has 0 saturated heterocycles. The number of carbonyl (C=O) groups excluding carboxylic acids is 1. The summed E-state index contributed by atoms with van der Waals surface area (Å²) in [6.45, 7) is 2.14. The van der Waals surface area contributed by atoms with Crippen molar-refractivity contribution < 1.29 is 9.53 Å². The highest BCUT2D eigenvalue weighted by Crippen LogP contribution is 2.33. The van der Waals surface area contributed by atoms with Gasteiger partial charge in [0.05, 0.1) is 10.3 Å². The molecule has 0 fully saturated rings. The van der Waals surface area contributed by atoms with E-state index in [1.54, 1.807) is 6.92 Å². The third-order valence-electron chi connectivity index (χ3n) is 2.71. The summed E-state index contributed by atoms with van der Waals surface area (Å²) < 4.78 is 4.91. The Morgan fingerprint density at radius 3 is 2.71 bits per heavy atom. The molecule has 21 heavy (non-hydrogen) atoms. The summed E-state index contributed by atoms with van der Waals surface area (Å²) in [6.07, 6.45) is 0.615. The minimum atomic E-state index is -0.736. The lowest BCUT2D eigenvalue weighted by atomic mass is 10.1. The first-order valence-electron chi connectivity index (χ1n) is 6.42. The highest BCUT2D eigenvalue weighted by molar-refractivity contribution is 9.09. The van der Waals surface area contributed by atoms with Crippen molar-refractivity contribution in [3.8, 4) is 6.07 Å². The molecule has 112 valence electrons. The third-order valence-corrected chi connectivity index (χ3v) is 4.69. The molecule has 1 unspecified atom stereocenters. The van der Waals surface area contributed by atoms with Crippen LogP contribution in [0.5, 0.6) is 0 Å². The monoisotopic (exact) mass is 385 g/mol. The molecule has 0 bridgehead atoms. The first kappa shape index (κ1) is 18.1. The number of hydrogen-bond acceptors (Lipinski definition) is 5. The Morgan fingerprint density at radius 1 is 1.48 bits per heavy atom. The molecule has 1 rings (SSSR count). The van der Waals surface area contributed by atoms with E-state index in [0.717, 1.165) is 5.56 Å². The van der Waals surface area contributed by atoms with Gasteiger partial charge in [0, 0.05) is 11.8 Å². The molecule has 0 amide bonds. The van der Waals surface area contributed by atoms with Crippen molar-refractivity contribution >= 4 is 50.1 Å². The van der Waals surface area contributed by atoms with E-state index in [9.17, 15) is 10.1 Å². The van der Waals surface area contributed by atoms with Gasteiger partial charge in [-0.3, -0.25) is 4.79 Å². The van der Waals surface area contributed by atoms with Gasteiger partial charge in [0.1, 0.15) is 11.4 Å². The van der Waals surface area contributed by atoms with Crippen LogP contribution in [-0.4, -0.2) is 26.8 Å². The largest absolute Gasteiger partial charge is 0.465 e. The van der Waals surface area contributed by atoms with Gasteiger partial charge in [0.25, 0.3) is 0 Å². The highest BCUT2D eigenvalue weighted by atomic mass is 79.9. The van der Waals surface area contributed by atoms with Crippen LogP contribution in [0.25, 0.3) is 0 Å².